The molecule has 0 rings (SSSR count). The fourth-order valence-corrected chi connectivity index (χ4v) is 1.12. The Kier molecular flexibility index (Phi) is 5.84. The molecule has 0 saturated carbocycles. The van der Waals surface area contributed by atoms with E-state index >= 15 is 0 Å². The molecule has 0 aromatic rings. The molecule has 0 unspecified atom stereocenters. The average Bonchev–Trinajstić information content (AvgIpc) is 2.07. The Morgan fingerprint density at radius 1 is 1.29 bits per heavy atom. The van der Waals surface area contributed by atoms with Crippen molar-refractivity contribution in [2.45, 2.75) is 30.6 Å². The number of carboxylic acids is 1. The van der Waals surface area contributed by atoms with Crippen LogP contribution in [0.1, 0.15) is 20.8 Å². The highest BCUT2D eigenvalue weighted by Gasteiger charge is 2.33. The van der Waals surface area contributed by atoms with Crippen LogP contribution in [0.5, 0.6) is 0 Å². The molecule has 0 aliphatic heterocycles. The Morgan fingerprint density at radius 3 is 2.06 bits per heavy atom. The normalized spacial score (nSPS) is 14.0. The monoisotopic (exact) mass is 305 g/mol. The van der Waals surface area contributed by atoms with Crippen molar-refractivity contribution in [3.8, 4) is 0 Å². The second-order valence-corrected chi connectivity index (χ2v) is 6.99. The summed E-state index contributed by atoms with van der Waals surface area (Å²) in [5.41, 5.74) is -0.662. The molecule has 0 saturated heterocycles. The Hall–Kier alpha value is -0.390. The highest BCUT2D eigenvalue weighted by Crippen LogP contribution is 2.26. The number of nitrogens with one attached hydrogen (secondary N) is 1. The van der Waals surface area contributed by atoms with E-state index < -0.39 is 33.9 Å². The molecular weight excluding hydrogens is 292 g/mol. The smallest absolute Gasteiger partial charge is 0.408 e. The van der Waals surface area contributed by atoms with Crippen molar-refractivity contribution < 1.29 is 19.4 Å². The highest BCUT2D eigenvalue weighted by atomic mass is 35.6. The summed E-state index contributed by atoms with van der Waals surface area (Å²) >= 11 is 16.1. The maximum absolute atomic E-state index is 11.3. The molecule has 0 aromatic carbocycles. The van der Waals surface area contributed by atoms with E-state index in [1.807, 2.05) is 0 Å². The van der Waals surface area contributed by atoms with Crippen molar-refractivity contribution in [1.82, 2.24) is 5.32 Å². The zero-order chi connectivity index (χ0) is 13.9. The van der Waals surface area contributed by atoms with Gasteiger partial charge in [0.1, 0.15) is 12.6 Å². The van der Waals surface area contributed by atoms with Crippen molar-refractivity contribution in [3.63, 3.8) is 0 Å². The minimum atomic E-state index is -1.72. The number of amides is 1. The number of alkyl halides is 3. The van der Waals surface area contributed by atoms with Gasteiger partial charge in [-0.3, -0.25) is 0 Å². The Bertz CT molecular complexity index is 296. The van der Waals surface area contributed by atoms with Crippen LogP contribution in [-0.4, -0.2) is 33.6 Å². The fraction of sp³-hybridized carbons (Fsp3) is 0.778. The molecule has 5 nitrogen and oxygen atoms in total. The first-order valence-electron chi connectivity index (χ1n) is 4.66. The summed E-state index contributed by atoms with van der Waals surface area (Å²) in [6.45, 7) is 4.54. The lowest BCUT2D eigenvalue weighted by Gasteiger charge is -2.27. The third-order valence-electron chi connectivity index (χ3n) is 1.74. The van der Waals surface area contributed by atoms with E-state index in [-0.39, 0.29) is 0 Å². The first kappa shape index (κ1) is 16.6. The van der Waals surface area contributed by atoms with E-state index in [0.29, 0.717) is 0 Å². The third-order valence-corrected chi connectivity index (χ3v) is 2.07. The van der Waals surface area contributed by atoms with E-state index in [1.54, 1.807) is 20.8 Å². The molecule has 17 heavy (non-hydrogen) atoms. The first-order valence-corrected chi connectivity index (χ1v) is 5.80. The first-order chi connectivity index (χ1) is 7.43. The largest absolute Gasteiger partial charge is 0.480 e. The van der Waals surface area contributed by atoms with Gasteiger partial charge in [0.25, 0.3) is 0 Å². The summed E-state index contributed by atoms with van der Waals surface area (Å²) in [7, 11) is 0. The van der Waals surface area contributed by atoms with Gasteiger partial charge >= 0.3 is 12.1 Å². The van der Waals surface area contributed by atoms with Crippen LogP contribution in [0.4, 0.5) is 4.79 Å². The summed E-state index contributed by atoms with van der Waals surface area (Å²) in [4.78, 5) is 22.2. The molecule has 0 aromatic heterocycles. The number of aliphatic carboxylic acids is 1. The lowest BCUT2D eigenvalue weighted by atomic mass is 9.87. The topological polar surface area (TPSA) is 75.6 Å². The molecule has 1 amide bonds. The number of alkyl carbamates (subject to hydrolysis) is 1. The van der Waals surface area contributed by atoms with Crippen LogP contribution in [-0.2, 0) is 9.53 Å². The maximum atomic E-state index is 11.3. The number of carboxylic acid groups (broad SMARTS) is 1. The molecule has 0 aliphatic carbocycles. The number of hydrogen-bond acceptors (Lipinski definition) is 3. The summed E-state index contributed by atoms with van der Waals surface area (Å²) in [6, 6.07) is -1.09. The molecule has 0 heterocycles. The Labute approximate surface area is 114 Å². The summed E-state index contributed by atoms with van der Waals surface area (Å²) < 4.78 is 2.85. The van der Waals surface area contributed by atoms with Gasteiger partial charge in [-0.25, -0.2) is 9.59 Å². The van der Waals surface area contributed by atoms with Gasteiger partial charge in [0.2, 0.25) is 3.79 Å². The molecule has 0 fully saturated rings. The fourth-order valence-electron chi connectivity index (χ4n) is 0.956. The predicted molar refractivity (Wildman–Crippen MR) is 65.7 cm³/mol. The van der Waals surface area contributed by atoms with Crippen LogP contribution in [0, 0.1) is 5.41 Å². The van der Waals surface area contributed by atoms with E-state index in [1.165, 1.54) is 0 Å². The Balaban J connectivity index is 4.39. The van der Waals surface area contributed by atoms with Crippen LogP contribution in [0.25, 0.3) is 0 Å². The molecule has 1 atom stereocenters. The standard InChI is InChI=1S/C9H14Cl3NO4/c1-8(2,3)5(6(14)15)13-7(16)17-4-9(10,11)12/h5H,4H2,1-3H3,(H,13,16)(H,14,15)/t5-/m0/s1. The summed E-state index contributed by atoms with van der Waals surface area (Å²) in [5, 5.41) is 11.1. The van der Waals surface area contributed by atoms with Crippen LogP contribution >= 0.6 is 34.8 Å². The lowest BCUT2D eigenvalue weighted by Crippen LogP contribution is -2.49. The minimum Gasteiger partial charge on any atom is -0.480 e. The zero-order valence-electron chi connectivity index (χ0n) is 9.59. The van der Waals surface area contributed by atoms with Crippen molar-refractivity contribution in [3.05, 3.63) is 0 Å². The molecule has 2 N–H and O–H groups in total. The average molecular weight is 307 g/mol. The van der Waals surface area contributed by atoms with Crippen LogP contribution < -0.4 is 5.32 Å². The molecule has 0 aliphatic rings. The highest BCUT2D eigenvalue weighted by molar-refractivity contribution is 6.67. The SMILES string of the molecule is CC(C)(C)[C@@H](NC(=O)OCC(Cl)(Cl)Cl)C(=O)O. The number of ether oxygens (including phenoxy) is 1. The third kappa shape index (κ3) is 7.52. The number of hydrogen-bond donors (Lipinski definition) is 2. The number of halogens is 3. The molecule has 0 radical (unpaired) electrons. The molecule has 0 bridgehead atoms. The van der Waals surface area contributed by atoms with Crippen LogP contribution in [0.2, 0.25) is 0 Å². The van der Waals surface area contributed by atoms with Gasteiger partial charge in [0, 0.05) is 0 Å². The molecule has 0 spiro atoms. The number of carbonyl (C=O) groups excluding carboxylic acids is 1. The second-order valence-electron chi connectivity index (χ2n) is 4.47. The molecule has 100 valence electrons. The number of rotatable bonds is 3. The van der Waals surface area contributed by atoms with Crippen molar-refractivity contribution in [2.24, 2.45) is 5.41 Å². The maximum Gasteiger partial charge on any atom is 0.408 e. The van der Waals surface area contributed by atoms with Crippen molar-refractivity contribution >= 4 is 46.9 Å². The lowest BCUT2D eigenvalue weighted by molar-refractivity contribution is -0.142. The van der Waals surface area contributed by atoms with Crippen LogP contribution in [0.15, 0.2) is 0 Å². The van der Waals surface area contributed by atoms with Gasteiger partial charge in [-0.05, 0) is 5.41 Å². The van der Waals surface area contributed by atoms with Crippen molar-refractivity contribution in [1.29, 1.82) is 0 Å². The van der Waals surface area contributed by atoms with Crippen molar-refractivity contribution in [2.75, 3.05) is 6.61 Å². The minimum absolute atomic E-state index is 0.458. The van der Waals surface area contributed by atoms with E-state index in [4.69, 9.17) is 39.9 Å². The summed E-state index contributed by atoms with van der Waals surface area (Å²) in [5.74, 6) is -1.16. The molecular formula is C9H14Cl3NO4. The van der Waals surface area contributed by atoms with Gasteiger partial charge < -0.3 is 15.2 Å². The molecule has 8 heteroatoms. The quantitative estimate of drug-likeness (QED) is 0.786. The van der Waals surface area contributed by atoms with Crippen LogP contribution in [0.3, 0.4) is 0 Å². The van der Waals surface area contributed by atoms with Gasteiger partial charge in [-0.1, -0.05) is 55.6 Å². The second kappa shape index (κ2) is 5.98. The number of carbonyl (C=O) groups is 2. The summed E-state index contributed by atoms with van der Waals surface area (Å²) in [6.07, 6.45) is -0.946. The van der Waals surface area contributed by atoms with E-state index in [2.05, 4.69) is 10.1 Å². The van der Waals surface area contributed by atoms with Gasteiger partial charge in [0.05, 0.1) is 0 Å². The zero-order valence-corrected chi connectivity index (χ0v) is 11.9. The predicted octanol–water partition coefficient (Wildman–Crippen LogP) is 2.58. The van der Waals surface area contributed by atoms with Gasteiger partial charge in [0.15, 0.2) is 0 Å². The Morgan fingerprint density at radius 2 is 1.76 bits per heavy atom. The van der Waals surface area contributed by atoms with Gasteiger partial charge in [-0.2, -0.15) is 0 Å². The van der Waals surface area contributed by atoms with E-state index in [9.17, 15) is 9.59 Å². The van der Waals surface area contributed by atoms with Gasteiger partial charge in [-0.15, -0.1) is 0 Å². The van der Waals surface area contributed by atoms with E-state index in [0.717, 1.165) is 0 Å².